The highest BCUT2D eigenvalue weighted by molar-refractivity contribution is 6.01. The highest BCUT2D eigenvalue weighted by atomic mass is 16.5. The number of carbonyl (C=O) groups is 2. The molecule has 0 aliphatic rings. The first-order valence-corrected chi connectivity index (χ1v) is 10.1. The first kappa shape index (κ1) is 22.1. The Labute approximate surface area is 172 Å². The number of amides is 2. The van der Waals surface area contributed by atoms with Gasteiger partial charge in [-0.2, -0.15) is 5.10 Å². The number of nitrogens with one attached hydrogen (secondary N) is 2. The number of hydrogen-bond donors (Lipinski definition) is 2. The van der Waals surface area contributed by atoms with Crippen molar-refractivity contribution in [2.45, 2.75) is 46.0 Å². The molecule has 0 saturated carbocycles. The van der Waals surface area contributed by atoms with Gasteiger partial charge in [-0.05, 0) is 49.6 Å². The Morgan fingerprint density at radius 3 is 2.24 bits per heavy atom. The van der Waals surface area contributed by atoms with Crippen molar-refractivity contribution in [2.75, 3.05) is 11.9 Å². The summed E-state index contributed by atoms with van der Waals surface area (Å²) >= 11 is 0. The van der Waals surface area contributed by atoms with Crippen LogP contribution < -0.4 is 15.5 Å². The van der Waals surface area contributed by atoms with E-state index in [1.165, 1.54) is 0 Å². The molecule has 2 aromatic carbocycles. The molecule has 0 spiro atoms. The van der Waals surface area contributed by atoms with Crippen molar-refractivity contribution in [3.05, 3.63) is 60.2 Å². The number of benzene rings is 2. The molecule has 0 unspecified atom stereocenters. The molecule has 2 aromatic rings. The molecule has 6 heteroatoms. The van der Waals surface area contributed by atoms with Gasteiger partial charge >= 0.3 is 0 Å². The minimum absolute atomic E-state index is 0.0716. The number of rotatable bonds is 11. The first-order valence-electron chi connectivity index (χ1n) is 10.1. The van der Waals surface area contributed by atoms with Crippen LogP contribution >= 0.6 is 0 Å². The molecule has 0 fully saturated rings. The summed E-state index contributed by atoms with van der Waals surface area (Å²) in [7, 11) is 0. The Kier molecular flexibility index (Phi) is 9.42. The van der Waals surface area contributed by atoms with Crippen LogP contribution in [0.2, 0.25) is 0 Å². The van der Waals surface area contributed by atoms with Gasteiger partial charge in [0.1, 0.15) is 5.75 Å². The van der Waals surface area contributed by atoms with Gasteiger partial charge in [-0.1, -0.05) is 43.7 Å². The average Bonchev–Trinajstić information content (AvgIpc) is 2.74. The summed E-state index contributed by atoms with van der Waals surface area (Å²) in [5, 5.41) is 7.07. The lowest BCUT2D eigenvalue weighted by Crippen LogP contribution is -2.22. The standard InChI is InChI=1S/C23H29N3O3/c1-3-5-11-21(18-9-7-6-8-10-18)25-26-23(28)17-16-22(27)24-19-12-14-20(15-13-19)29-4-2/h6-10,12-15H,3-5,11,16-17H2,1-2H3,(H,24,27)(H,26,28). The van der Waals surface area contributed by atoms with Crippen LogP contribution in [0.25, 0.3) is 0 Å². The number of unbranched alkanes of at least 4 members (excludes halogenated alkanes) is 1. The minimum atomic E-state index is -0.281. The second-order valence-electron chi connectivity index (χ2n) is 6.57. The molecule has 29 heavy (non-hydrogen) atoms. The lowest BCUT2D eigenvalue weighted by atomic mass is 10.1. The van der Waals surface area contributed by atoms with Gasteiger partial charge in [0.15, 0.2) is 0 Å². The second kappa shape index (κ2) is 12.3. The van der Waals surface area contributed by atoms with E-state index in [0.29, 0.717) is 12.3 Å². The molecule has 0 saturated heterocycles. The predicted molar refractivity (Wildman–Crippen MR) is 116 cm³/mol. The number of hydrazone groups is 1. The van der Waals surface area contributed by atoms with Crippen LogP contribution in [0.5, 0.6) is 5.75 Å². The normalized spacial score (nSPS) is 11.0. The van der Waals surface area contributed by atoms with Gasteiger partial charge in [-0.3, -0.25) is 9.59 Å². The van der Waals surface area contributed by atoms with Gasteiger partial charge in [0, 0.05) is 18.5 Å². The SMILES string of the molecule is CCCCC(=NNC(=O)CCC(=O)Nc1ccc(OCC)cc1)c1ccccc1. The summed E-state index contributed by atoms with van der Waals surface area (Å²) in [5.41, 5.74) is 5.09. The fourth-order valence-electron chi connectivity index (χ4n) is 2.68. The molecule has 0 radical (unpaired) electrons. The van der Waals surface area contributed by atoms with Crippen LogP contribution in [0.15, 0.2) is 59.7 Å². The van der Waals surface area contributed by atoms with Crippen molar-refractivity contribution < 1.29 is 14.3 Å². The van der Waals surface area contributed by atoms with Crippen molar-refractivity contribution in [1.82, 2.24) is 5.43 Å². The van der Waals surface area contributed by atoms with E-state index in [1.54, 1.807) is 24.3 Å². The van der Waals surface area contributed by atoms with Crippen molar-refractivity contribution in [3.63, 3.8) is 0 Å². The average molecular weight is 396 g/mol. The predicted octanol–water partition coefficient (Wildman–Crippen LogP) is 4.51. The molecule has 0 bridgehead atoms. The third-order valence-electron chi connectivity index (χ3n) is 4.22. The topological polar surface area (TPSA) is 79.8 Å². The Morgan fingerprint density at radius 2 is 1.59 bits per heavy atom. The van der Waals surface area contributed by atoms with Crippen LogP contribution in [0.1, 0.15) is 51.5 Å². The molecule has 0 heterocycles. The molecule has 2 N–H and O–H groups in total. The Morgan fingerprint density at radius 1 is 0.897 bits per heavy atom. The molecule has 154 valence electrons. The molecular formula is C23H29N3O3. The van der Waals surface area contributed by atoms with Crippen LogP contribution in [0.3, 0.4) is 0 Å². The summed E-state index contributed by atoms with van der Waals surface area (Å²) in [6.45, 7) is 4.62. The number of ether oxygens (including phenoxy) is 1. The highest BCUT2D eigenvalue weighted by Gasteiger charge is 2.09. The smallest absolute Gasteiger partial charge is 0.240 e. The second-order valence-corrected chi connectivity index (χ2v) is 6.57. The fraction of sp³-hybridized carbons (Fsp3) is 0.348. The third kappa shape index (κ3) is 8.17. The number of anilines is 1. The van der Waals surface area contributed by atoms with Crippen molar-refractivity contribution in [3.8, 4) is 5.75 Å². The highest BCUT2D eigenvalue weighted by Crippen LogP contribution is 2.16. The van der Waals surface area contributed by atoms with E-state index >= 15 is 0 Å². The van der Waals surface area contributed by atoms with E-state index in [9.17, 15) is 9.59 Å². The molecule has 0 aromatic heterocycles. The summed E-state index contributed by atoms with van der Waals surface area (Å²) in [6, 6.07) is 16.9. The van der Waals surface area contributed by atoms with E-state index < -0.39 is 0 Å². The molecule has 0 aliphatic carbocycles. The third-order valence-corrected chi connectivity index (χ3v) is 4.22. The van der Waals surface area contributed by atoms with Gasteiger partial charge in [0.05, 0.1) is 12.3 Å². The summed E-state index contributed by atoms with van der Waals surface area (Å²) in [4.78, 5) is 24.2. The van der Waals surface area contributed by atoms with E-state index in [2.05, 4.69) is 22.8 Å². The Hall–Kier alpha value is -3.15. The zero-order valence-corrected chi connectivity index (χ0v) is 17.1. The molecule has 6 nitrogen and oxygen atoms in total. The quantitative estimate of drug-likeness (QED) is 0.434. The van der Waals surface area contributed by atoms with Gasteiger partial charge in [0.25, 0.3) is 0 Å². The van der Waals surface area contributed by atoms with Gasteiger partial charge in [0.2, 0.25) is 11.8 Å². The van der Waals surface area contributed by atoms with Crippen LogP contribution in [0, 0.1) is 0 Å². The summed E-state index contributed by atoms with van der Waals surface area (Å²) in [5.74, 6) is 0.249. The lowest BCUT2D eigenvalue weighted by molar-refractivity contribution is -0.124. The van der Waals surface area contributed by atoms with Crippen LogP contribution in [-0.4, -0.2) is 24.1 Å². The monoisotopic (exact) mass is 395 g/mol. The van der Waals surface area contributed by atoms with E-state index in [4.69, 9.17) is 4.74 Å². The maximum Gasteiger partial charge on any atom is 0.240 e. The minimum Gasteiger partial charge on any atom is -0.494 e. The van der Waals surface area contributed by atoms with Crippen molar-refractivity contribution in [2.24, 2.45) is 5.10 Å². The van der Waals surface area contributed by atoms with Gasteiger partial charge in [-0.15, -0.1) is 0 Å². The maximum atomic E-state index is 12.1. The molecule has 2 amide bonds. The summed E-state index contributed by atoms with van der Waals surface area (Å²) < 4.78 is 5.37. The summed E-state index contributed by atoms with van der Waals surface area (Å²) in [6.07, 6.45) is 2.99. The Balaban J connectivity index is 1.82. The first-order chi connectivity index (χ1) is 14.1. The van der Waals surface area contributed by atoms with Gasteiger partial charge in [-0.25, -0.2) is 5.43 Å². The number of hydrogen-bond acceptors (Lipinski definition) is 4. The van der Waals surface area contributed by atoms with E-state index in [1.807, 2.05) is 37.3 Å². The van der Waals surface area contributed by atoms with Crippen LogP contribution in [-0.2, 0) is 9.59 Å². The Bertz CT molecular complexity index is 802. The molecule has 0 atom stereocenters. The van der Waals surface area contributed by atoms with Crippen molar-refractivity contribution in [1.29, 1.82) is 0 Å². The largest absolute Gasteiger partial charge is 0.494 e. The zero-order chi connectivity index (χ0) is 20.9. The molecule has 0 aliphatic heterocycles. The lowest BCUT2D eigenvalue weighted by Gasteiger charge is -2.08. The number of carbonyl (C=O) groups excluding carboxylic acids is 2. The maximum absolute atomic E-state index is 12.1. The van der Waals surface area contributed by atoms with E-state index in [0.717, 1.165) is 36.3 Å². The van der Waals surface area contributed by atoms with Gasteiger partial charge < -0.3 is 10.1 Å². The zero-order valence-electron chi connectivity index (χ0n) is 17.1. The molecular weight excluding hydrogens is 366 g/mol. The molecule has 2 rings (SSSR count). The van der Waals surface area contributed by atoms with Crippen LogP contribution in [0.4, 0.5) is 5.69 Å². The van der Waals surface area contributed by atoms with E-state index in [-0.39, 0.29) is 24.7 Å². The van der Waals surface area contributed by atoms with Crippen molar-refractivity contribution >= 4 is 23.2 Å². The number of nitrogens with zero attached hydrogens (tertiary/aromatic N) is 1. The fourth-order valence-corrected chi connectivity index (χ4v) is 2.68.